The third-order valence-electron chi connectivity index (χ3n) is 3.67. The summed E-state index contributed by atoms with van der Waals surface area (Å²) in [4.78, 5) is 14.1. The fraction of sp³-hybridized carbons (Fsp3) is 0.278. The molecule has 0 saturated carbocycles. The van der Waals surface area contributed by atoms with Crippen LogP contribution in [0.25, 0.3) is 11.0 Å². The van der Waals surface area contributed by atoms with Crippen molar-refractivity contribution < 1.29 is 13.6 Å². The van der Waals surface area contributed by atoms with Crippen LogP contribution in [0.5, 0.6) is 0 Å². The maximum Gasteiger partial charge on any atom is 0.234 e. The number of benzene rings is 1. The average molecular weight is 312 g/mol. The molecule has 120 valence electrons. The standard InChI is InChI=1S/C18H20N2O3/c1-13(17-10-14-6-3-4-8-16(14)23-17)19-18(21)12-20(2)11-15-7-5-9-22-15/h3-10,13H,11-12H2,1-2H3,(H,19,21)/t13-/m1/s1. The van der Waals surface area contributed by atoms with Crippen molar-refractivity contribution in [1.29, 1.82) is 0 Å². The smallest absolute Gasteiger partial charge is 0.234 e. The maximum atomic E-state index is 12.2. The number of rotatable bonds is 6. The minimum Gasteiger partial charge on any atom is -0.468 e. The maximum absolute atomic E-state index is 12.2. The second-order valence-electron chi connectivity index (χ2n) is 5.73. The molecule has 3 rings (SSSR count). The highest BCUT2D eigenvalue weighted by Crippen LogP contribution is 2.23. The van der Waals surface area contributed by atoms with Gasteiger partial charge in [-0.1, -0.05) is 18.2 Å². The number of amides is 1. The van der Waals surface area contributed by atoms with Crippen LogP contribution in [-0.4, -0.2) is 24.4 Å². The van der Waals surface area contributed by atoms with Gasteiger partial charge in [-0.25, -0.2) is 0 Å². The number of hydrogen-bond acceptors (Lipinski definition) is 4. The monoisotopic (exact) mass is 312 g/mol. The Morgan fingerprint density at radius 3 is 2.83 bits per heavy atom. The summed E-state index contributed by atoms with van der Waals surface area (Å²) in [5.74, 6) is 1.55. The van der Waals surface area contributed by atoms with Gasteiger partial charge in [0, 0.05) is 5.39 Å². The predicted octanol–water partition coefficient (Wildman–Crippen LogP) is 3.34. The number of nitrogens with one attached hydrogen (secondary N) is 1. The van der Waals surface area contributed by atoms with Crippen LogP contribution in [0, 0.1) is 0 Å². The number of carbonyl (C=O) groups is 1. The van der Waals surface area contributed by atoms with Gasteiger partial charge < -0.3 is 14.2 Å². The zero-order valence-electron chi connectivity index (χ0n) is 13.3. The molecule has 1 aromatic carbocycles. The molecule has 1 atom stereocenters. The number of nitrogens with zero attached hydrogens (tertiary/aromatic N) is 1. The Bertz CT molecular complexity index is 744. The Balaban J connectivity index is 1.56. The molecule has 0 fully saturated rings. The van der Waals surface area contributed by atoms with Crippen molar-refractivity contribution >= 4 is 16.9 Å². The van der Waals surface area contributed by atoms with Crippen molar-refractivity contribution in [3.8, 4) is 0 Å². The van der Waals surface area contributed by atoms with Crippen LogP contribution in [0.15, 0.2) is 57.6 Å². The summed E-state index contributed by atoms with van der Waals surface area (Å²) >= 11 is 0. The quantitative estimate of drug-likeness (QED) is 0.758. The summed E-state index contributed by atoms with van der Waals surface area (Å²) in [6.45, 7) is 2.81. The highest BCUT2D eigenvalue weighted by atomic mass is 16.3. The molecule has 5 heteroatoms. The van der Waals surface area contributed by atoms with Gasteiger partial charge in [-0.15, -0.1) is 0 Å². The first-order chi connectivity index (χ1) is 11.1. The fourth-order valence-electron chi connectivity index (χ4n) is 2.54. The first kappa shape index (κ1) is 15.4. The molecule has 1 amide bonds. The summed E-state index contributed by atoms with van der Waals surface area (Å²) in [5, 5.41) is 4.00. The van der Waals surface area contributed by atoms with Crippen molar-refractivity contribution in [3.05, 3.63) is 60.2 Å². The minimum absolute atomic E-state index is 0.0491. The lowest BCUT2D eigenvalue weighted by Gasteiger charge is -2.17. The van der Waals surface area contributed by atoms with Crippen molar-refractivity contribution in [2.75, 3.05) is 13.6 Å². The van der Waals surface area contributed by atoms with Gasteiger partial charge in [0.25, 0.3) is 0 Å². The number of fused-ring (bicyclic) bond motifs is 1. The summed E-state index contributed by atoms with van der Waals surface area (Å²) in [7, 11) is 1.88. The van der Waals surface area contributed by atoms with Crippen LogP contribution < -0.4 is 5.32 Å². The molecule has 3 aromatic rings. The van der Waals surface area contributed by atoms with E-state index in [4.69, 9.17) is 8.83 Å². The molecule has 5 nitrogen and oxygen atoms in total. The molecule has 0 spiro atoms. The zero-order chi connectivity index (χ0) is 16.2. The van der Waals surface area contributed by atoms with E-state index in [1.165, 1.54) is 0 Å². The summed E-state index contributed by atoms with van der Waals surface area (Å²) in [6, 6.07) is 13.3. The van der Waals surface area contributed by atoms with E-state index in [1.807, 2.05) is 61.3 Å². The molecule has 0 aliphatic carbocycles. The lowest BCUT2D eigenvalue weighted by Crippen LogP contribution is -2.36. The van der Waals surface area contributed by atoms with Gasteiger partial charge in [0.15, 0.2) is 0 Å². The lowest BCUT2D eigenvalue weighted by atomic mass is 10.2. The highest BCUT2D eigenvalue weighted by molar-refractivity contribution is 5.80. The topological polar surface area (TPSA) is 58.6 Å². The van der Waals surface area contributed by atoms with Crippen molar-refractivity contribution in [2.45, 2.75) is 19.5 Å². The minimum atomic E-state index is -0.174. The highest BCUT2D eigenvalue weighted by Gasteiger charge is 2.15. The van der Waals surface area contributed by atoms with Gasteiger partial charge in [-0.2, -0.15) is 0 Å². The van der Waals surface area contributed by atoms with E-state index >= 15 is 0 Å². The SMILES string of the molecule is C[C@@H](NC(=O)CN(C)Cc1ccco1)c1cc2ccccc2o1. The Morgan fingerprint density at radius 2 is 2.09 bits per heavy atom. The molecule has 0 radical (unpaired) electrons. The second kappa shape index (κ2) is 6.71. The Morgan fingerprint density at radius 1 is 1.26 bits per heavy atom. The molecule has 0 unspecified atom stereocenters. The number of para-hydroxylation sites is 1. The van der Waals surface area contributed by atoms with E-state index < -0.39 is 0 Å². The lowest BCUT2D eigenvalue weighted by molar-refractivity contribution is -0.122. The predicted molar refractivity (Wildman–Crippen MR) is 87.8 cm³/mol. The van der Waals surface area contributed by atoms with Crippen molar-refractivity contribution in [1.82, 2.24) is 10.2 Å². The number of likely N-dealkylation sites (N-methyl/N-ethyl adjacent to an activating group) is 1. The van der Waals surface area contributed by atoms with Crippen LogP contribution in [0.4, 0.5) is 0 Å². The van der Waals surface area contributed by atoms with E-state index in [0.717, 1.165) is 22.5 Å². The van der Waals surface area contributed by atoms with Crippen molar-refractivity contribution in [3.63, 3.8) is 0 Å². The Labute approximate surface area is 134 Å². The van der Waals surface area contributed by atoms with Crippen LogP contribution in [0.3, 0.4) is 0 Å². The van der Waals surface area contributed by atoms with Crippen LogP contribution >= 0.6 is 0 Å². The summed E-state index contributed by atoms with van der Waals surface area (Å²) in [5.41, 5.74) is 0.832. The number of hydrogen-bond donors (Lipinski definition) is 1. The van der Waals surface area contributed by atoms with Crippen LogP contribution in [-0.2, 0) is 11.3 Å². The molecule has 0 aliphatic rings. The molecule has 1 N–H and O–H groups in total. The molecule has 2 aromatic heterocycles. The summed E-state index contributed by atoms with van der Waals surface area (Å²) in [6.07, 6.45) is 1.63. The third kappa shape index (κ3) is 3.81. The van der Waals surface area contributed by atoms with Crippen LogP contribution in [0.2, 0.25) is 0 Å². The largest absolute Gasteiger partial charge is 0.468 e. The first-order valence-corrected chi connectivity index (χ1v) is 7.60. The molecule has 2 heterocycles. The molecule has 0 bridgehead atoms. The van der Waals surface area contributed by atoms with E-state index in [-0.39, 0.29) is 11.9 Å². The van der Waals surface area contributed by atoms with Gasteiger partial charge >= 0.3 is 0 Å². The molecule has 23 heavy (non-hydrogen) atoms. The molecule has 0 saturated heterocycles. The Kier molecular flexibility index (Phi) is 4.48. The fourth-order valence-corrected chi connectivity index (χ4v) is 2.54. The number of carbonyl (C=O) groups excluding carboxylic acids is 1. The number of furan rings is 2. The zero-order valence-corrected chi connectivity index (χ0v) is 13.3. The molecule has 0 aliphatic heterocycles. The van der Waals surface area contributed by atoms with Gasteiger partial charge in [0.2, 0.25) is 5.91 Å². The first-order valence-electron chi connectivity index (χ1n) is 7.60. The molecular weight excluding hydrogens is 292 g/mol. The average Bonchev–Trinajstić information content (AvgIpc) is 3.15. The van der Waals surface area contributed by atoms with E-state index in [9.17, 15) is 4.79 Å². The third-order valence-corrected chi connectivity index (χ3v) is 3.67. The van der Waals surface area contributed by atoms with E-state index in [1.54, 1.807) is 6.26 Å². The van der Waals surface area contributed by atoms with Gasteiger partial charge in [-0.05, 0) is 38.2 Å². The van der Waals surface area contributed by atoms with Gasteiger partial charge in [0.1, 0.15) is 17.1 Å². The van der Waals surface area contributed by atoms with Crippen LogP contribution in [0.1, 0.15) is 24.5 Å². The van der Waals surface area contributed by atoms with Gasteiger partial charge in [0.05, 0.1) is 25.4 Å². The van der Waals surface area contributed by atoms with Crippen molar-refractivity contribution in [2.24, 2.45) is 0 Å². The molecular formula is C18H20N2O3. The normalized spacial score (nSPS) is 12.7. The second-order valence-corrected chi connectivity index (χ2v) is 5.73. The van der Waals surface area contributed by atoms with Gasteiger partial charge in [-0.3, -0.25) is 9.69 Å². The summed E-state index contributed by atoms with van der Waals surface area (Å²) < 4.78 is 11.1. The Hall–Kier alpha value is -2.53. The van der Waals surface area contributed by atoms with E-state index in [2.05, 4.69) is 5.32 Å². The van der Waals surface area contributed by atoms with E-state index in [0.29, 0.717) is 13.1 Å².